The standard InChI is InChI=1S/C14H16N2O4S/c1-8-4-2-3-5-9(8)15-12(17)6-11-13(18)16-10(7-21-11)14(19)20/h2-5,10-11H,6-7H2,1H3,(H,15,17)(H,16,18)(H,19,20). The number of hydrogen-bond acceptors (Lipinski definition) is 4. The highest BCUT2D eigenvalue weighted by molar-refractivity contribution is 8.00. The second kappa shape index (κ2) is 6.62. The average Bonchev–Trinajstić information content (AvgIpc) is 2.43. The highest BCUT2D eigenvalue weighted by Crippen LogP contribution is 2.22. The lowest BCUT2D eigenvalue weighted by Crippen LogP contribution is -2.51. The van der Waals surface area contributed by atoms with Crippen LogP contribution in [0.15, 0.2) is 24.3 Å². The van der Waals surface area contributed by atoms with Crippen LogP contribution in [0.5, 0.6) is 0 Å². The molecular weight excluding hydrogens is 292 g/mol. The van der Waals surface area contributed by atoms with Crippen molar-refractivity contribution in [1.29, 1.82) is 0 Å². The summed E-state index contributed by atoms with van der Waals surface area (Å²) >= 11 is 1.20. The van der Waals surface area contributed by atoms with Crippen LogP contribution >= 0.6 is 11.8 Å². The van der Waals surface area contributed by atoms with Gasteiger partial charge in [0.1, 0.15) is 6.04 Å². The Hall–Kier alpha value is -2.02. The maximum Gasteiger partial charge on any atom is 0.327 e. The van der Waals surface area contributed by atoms with Crippen LogP contribution in [0.2, 0.25) is 0 Å². The first kappa shape index (κ1) is 15.4. The lowest BCUT2D eigenvalue weighted by atomic mass is 10.2. The molecule has 0 saturated carbocycles. The van der Waals surface area contributed by atoms with Gasteiger partial charge in [0.2, 0.25) is 11.8 Å². The van der Waals surface area contributed by atoms with Gasteiger partial charge >= 0.3 is 5.97 Å². The van der Waals surface area contributed by atoms with E-state index in [2.05, 4.69) is 10.6 Å². The molecule has 1 heterocycles. The van der Waals surface area contributed by atoms with Gasteiger partial charge in [-0.2, -0.15) is 0 Å². The number of benzene rings is 1. The summed E-state index contributed by atoms with van der Waals surface area (Å²) < 4.78 is 0. The third kappa shape index (κ3) is 3.98. The topological polar surface area (TPSA) is 95.5 Å². The van der Waals surface area contributed by atoms with Crippen molar-refractivity contribution in [3.05, 3.63) is 29.8 Å². The number of hydrogen-bond donors (Lipinski definition) is 3. The van der Waals surface area contributed by atoms with Crippen LogP contribution in [-0.2, 0) is 14.4 Å². The van der Waals surface area contributed by atoms with Gasteiger partial charge in [-0.05, 0) is 18.6 Å². The highest BCUT2D eigenvalue weighted by atomic mass is 32.2. The van der Waals surface area contributed by atoms with Crippen LogP contribution in [0.4, 0.5) is 5.69 Å². The number of amides is 2. The SMILES string of the molecule is Cc1ccccc1NC(=O)CC1SCC(C(=O)O)NC1=O. The molecule has 1 saturated heterocycles. The number of nitrogens with one attached hydrogen (secondary N) is 2. The van der Waals surface area contributed by atoms with Gasteiger partial charge in [0, 0.05) is 17.9 Å². The van der Waals surface area contributed by atoms with E-state index in [-0.39, 0.29) is 18.1 Å². The zero-order valence-corrected chi connectivity index (χ0v) is 12.3. The van der Waals surface area contributed by atoms with Crippen LogP contribution in [0.3, 0.4) is 0 Å². The summed E-state index contributed by atoms with van der Waals surface area (Å²) in [6.45, 7) is 1.88. The van der Waals surface area contributed by atoms with Gasteiger partial charge in [-0.25, -0.2) is 4.79 Å². The lowest BCUT2D eigenvalue weighted by molar-refractivity contribution is -0.141. The minimum absolute atomic E-state index is 0.0250. The first-order chi connectivity index (χ1) is 9.97. The Labute approximate surface area is 126 Å². The second-order valence-corrected chi connectivity index (χ2v) is 6.02. The minimum Gasteiger partial charge on any atom is -0.480 e. The fraction of sp³-hybridized carbons (Fsp3) is 0.357. The number of aryl methyl sites for hydroxylation is 1. The van der Waals surface area contributed by atoms with E-state index in [4.69, 9.17) is 5.11 Å². The molecule has 1 aromatic carbocycles. The smallest absolute Gasteiger partial charge is 0.327 e. The molecular formula is C14H16N2O4S. The summed E-state index contributed by atoms with van der Waals surface area (Å²) in [4.78, 5) is 34.6. The number of carboxylic acids is 1. The predicted molar refractivity (Wildman–Crippen MR) is 80.2 cm³/mol. The van der Waals surface area contributed by atoms with Crippen molar-refractivity contribution in [3.63, 3.8) is 0 Å². The van der Waals surface area contributed by atoms with E-state index in [0.29, 0.717) is 5.69 Å². The number of rotatable bonds is 4. The van der Waals surface area contributed by atoms with Crippen LogP contribution in [0.25, 0.3) is 0 Å². The van der Waals surface area contributed by atoms with Crippen LogP contribution in [0.1, 0.15) is 12.0 Å². The number of thioether (sulfide) groups is 1. The fourth-order valence-corrected chi connectivity index (χ4v) is 3.10. The van der Waals surface area contributed by atoms with Crippen LogP contribution in [0, 0.1) is 6.92 Å². The summed E-state index contributed by atoms with van der Waals surface area (Å²) in [6.07, 6.45) is 0.0250. The highest BCUT2D eigenvalue weighted by Gasteiger charge is 2.33. The third-order valence-electron chi connectivity index (χ3n) is 3.16. The van der Waals surface area contributed by atoms with Crippen LogP contribution < -0.4 is 10.6 Å². The van der Waals surface area contributed by atoms with E-state index < -0.39 is 23.2 Å². The molecule has 1 aliphatic heterocycles. The Balaban J connectivity index is 1.90. The van der Waals surface area contributed by atoms with Crippen molar-refractivity contribution in [1.82, 2.24) is 5.32 Å². The van der Waals surface area contributed by atoms with Crippen molar-refractivity contribution in [2.24, 2.45) is 0 Å². The van der Waals surface area contributed by atoms with Gasteiger partial charge in [-0.1, -0.05) is 18.2 Å². The molecule has 2 unspecified atom stereocenters. The quantitative estimate of drug-likeness (QED) is 0.771. The predicted octanol–water partition coefficient (Wildman–Crippen LogP) is 1.01. The number of carboxylic acid groups (broad SMARTS) is 1. The number of anilines is 1. The van der Waals surface area contributed by atoms with Gasteiger partial charge in [-0.15, -0.1) is 11.8 Å². The molecule has 2 amide bonds. The van der Waals surface area contributed by atoms with Crippen molar-refractivity contribution < 1.29 is 19.5 Å². The molecule has 1 fully saturated rings. The first-order valence-electron chi connectivity index (χ1n) is 6.47. The van der Waals surface area contributed by atoms with Crippen molar-refractivity contribution in [2.45, 2.75) is 24.6 Å². The molecule has 7 heteroatoms. The molecule has 0 aromatic heterocycles. The Morgan fingerprint density at radius 2 is 2.14 bits per heavy atom. The van der Waals surface area contributed by atoms with E-state index in [9.17, 15) is 14.4 Å². The first-order valence-corrected chi connectivity index (χ1v) is 7.52. The molecule has 0 spiro atoms. The number of carbonyl (C=O) groups is 3. The van der Waals surface area contributed by atoms with Gasteiger partial charge in [0.05, 0.1) is 5.25 Å². The average molecular weight is 308 g/mol. The number of para-hydroxylation sites is 1. The van der Waals surface area contributed by atoms with E-state index in [0.717, 1.165) is 5.56 Å². The van der Waals surface area contributed by atoms with Crippen LogP contribution in [-0.4, -0.2) is 39.9 Å². The molecule has 1 aliphatic rings. The van der Waals surface area contributed by atoms with E-state index in [1.54, 1.807) is 6.07 Å². The van der Waals surface area contributed by atoms with Gasteiger partial charge < -0.3 is 15.7 Å². The normalized spacial score (nSPS) is 21.5. The maximum atomic E-state index is 12.0. The Kier molecular flexibility index (Phi) is 4.85. The van der Waals surface area contributed by atoms with Crippen molar-refractivity contribution in [3.8, 4) is 0 Å². The zero-order valence-electron chi connectivity index (χ0n) is 11.5. The van der Waals surface area contributed by atoms with Gasteiger partial charge in [-0.3, -0.25) is 9.59 Å². The molecule has 112 valence electrons. The summed E-state index contributed by atoms with van der Waals surface area (Å²) in [6, 6.07) is 6.50. The lowest BCUT2D eigenvalue weighted by Gasteiger charge is -2.25. The number of carbonyl (C=O) groups excluding carboxylic acids is 2. The largest absolute Gasteiger partial charge is 0.480 e. The molecule has 0 bridgehead atoms. The van der Waals surface area contributed by atoms with E-state index in [1.807, 2.05) is 25.1 Å². The molecule has 2 rings (SSSR count). The van der Waals surface area contributed by atoms with E-state index >= 15 is 0 Å². The van der Waals surface area contributed by atoms with Gasteiger partial charge in [0.25, 0.3) is 0 Å². The second-order valence-electron chi connectivity index (χ2n) is 4.79. The Morgan fingerprint density at radius 1 is 1.43 bits per heavy atom. The molecule has 0 radical (unpaired) electrons. The summed E-state index contributed by atoms with van der Waals surface area (Å²) in [5, 5.41) is 13.5. The number of aliphatic carboxylic acids is 1. The van der Waals surface area contributed by atoms with Crippen molar-refractivity contribution in [2.75, 3.05) is 11.1 Å². The Morgan fingerprint density at radius 3 is 2.76 bits per heavy atom. The fourth-order valence-electron chi connectivity index (χ4n) is 1.96. The maximum absolute atomic E-state index is 12.0. The van der Waals surface area contributed by atoms with Crippen molar-refractivity contribution >= 4 is 35.2 Å². The molecule has 21 heavy (non-hydrogen) atoms. The molecule has 1 aromatic rings. The Bertz CT molecular complexity index is 576. The third-order valence-corrected chi connectivity index (χ3v) is 4.47. The summed E-state index contributed by atoms with van der Waals surface area (Å²) in [7, 11) is 0. The monoisotopic (exact) mass is 308 g/mol. The molecule has 2 atom stereocenters. The van der Waals surface area contributed by atoms with Gasteiger partial charge in [0.15, 0.2) is 0 Å². The zero-order chi connectivity index (χ0) is 15.4. The summed E-state index contributed by atoms with van der Waals surface area (Å²) in [5.41, 5.74) is 1.66. The minimum atomic E-state index is -1.06. The molecule has 6 nitrogen and oxygen atoms in total. The molecule has 0 aliphatic carbocycles. The van der Waals surface area contributed by atoms with E-state index in [1.165, 1.54) is 11.8 Å². The summed E-state index contributed by atoms with van der Waals surface area (Å²) in [5.74, 6) is -1.45. The molecule has 3 N–H and O–H groups in total.